The van der Waals surface area contributed by atoms with Gasteiger partial charge in [-0.05, 0) is 78.1 Å². The van der Waals surface area contributed by atoms with E-state index in [1.807, 2.05) is 78.9 Å². The molecule has 1 aromatic heterocycles. The van der Waals surface area contributed by atoms with E-state index in [2.05, 4.69) is 56.3 Å². The van der Waals surface area contributed by atoms with Crippen molar-refractivity contribution in [2.45, 2.75) is 19.4 Å². The molecule has 0 amide bonds. The van der Waals surface area contributed by atoms with Crippen LogP contribution in [0.5, 0.6) is 5.75 Å². The van der Waals surface area contributed by atoms with Crippen LogP contribution in [0.15, 0.2) is 133 Å². The number of halogens is 1. The van der Waals surface area contributed by atoms with Crippen molar-refractivity contribution in [2.75, 3.05) is 0 Å². The van der Waals surface area contributed by atoms with Crippen LogP contribution in [0.4, 0.5) is 4.39 Å². The molecule has 2 nitrogen and oxygen atoms in total. The van der Waals surface area contributed by atoms with Crippen LogP contribution in [-0.2, 0) is 5.60 Å². The van der Waals surface area contributed by atoms with Crippen LogP contribution >= 0.6 is 0 Å². The van der Waals surface area contributed by atoms with Crippen LogP contribution in [0.3, 0.4) is 0 Å². The van der Waals surface area contributed by atoms with E-state index in [-0.39, 0.29) is 5.82 Å². The number of nitrogens with zero attached hydrogens (tertiary/aromatic N) is 1. The first kappa shape index (κ1) is 25.0. The SMILES string of the molecule is CC1(C)Oc2cc(-c3cc(F)cc(-c4cc(-c5ccccc5)cc(-c5ccccc5)n4)c3)ccc2-c2ccccc21. The van der Waals surface area contributed by atoms with Crippen molar-refractivity contribution >= 4 is 0 Å². The van der Waals surface area contributed by atoms with Crippen LogP contribution in [-0.4, -0.2) is 4.98 Å². The largest absolute Gasteiger partial charge is 0.482 e. The third kappa shape index (κ3) is 4.70. The molecule has 198 valence electrons. The second kappa shape index (κ2) is 9.87. The average Bonchev–Trinajstić information content (AvgIpc) is 3.01. The van der Waals surface area contributed by atoms with Crippen molar-refractivity contribution in [1.82, 2.24) is 4.98 Å². The number of ether oxygens (including phenoxy) is 1. The Balaban J connectivity index is 1.35. The van der Waals surface area contributed by atoms with Crippen LogP contribution in [0.2, 0.25) is 0 Å². The summed E-state index contributed by atoms with van der Waals surface area (Å²) >= 11 is 0. The predicted octanol–water partition coefficient (Wildman–Crippen LogP) is 10.2. The van der Waals surface area contributed by atoms with E-state index >= 15 is 4.39 Å². The molecule has 0 saturated heterocycles. The average molecular weight is 534 g/mol. The summed E-state index contributed by atoms with van der Waals surface area (Å²) in [5.41, 5.74) is 9.98. The fourth-order valence-electron chi connectivity index (χ4n) is 5.72. The van der Waals surface area contributed by atoms with Gasteiger partial charge in [0.05, 0.1) is 11.4 Å². The first-order valence-electron chi connectivity index (χ1n) is 13.8. The summed E-state index contributed by atoms with van der Waals surface area (Å²) in [6, 6.07) is 44.1. The van der Waals surface area contributed by atoms with Crippen LogP contribution < -0.4 is 4.74 Å². The molecule has 6 aromatic rings. The summed E-state index contributed by atoms with van der Waals surface area (Å²) in [4.78, 5) is 5.00. The molecule has 0 radical (unpaired) electrons. The van der Waals surface area contributed by atoms with Crippen molar-refractivity contribution in [3.8, 4) is 61.6 Å². The van der Waals surface area contributed by atoms with Gasteiger partial charge in [0.1, 0.15) is 17.2 Å². The Bertz CT molecular complexity index is 1840. The molecular formula is C38H28FNO. The first-order valence-corrected chi connectivity index (χ1v) is 13.8. The number of aromatic nitrogens is 1. The second-order valence-electron chi connectivity index (χ2n) is 11.0. The monoisotopic (exact) mass is 533 g/mol. The fraction of sp³-hybridized carbons (Fsp3) is 0.0789. The van der Waals surface area contributed by atoms with Crippen LogP contribution in [0.1, 0.15) is 19.4 Å². The van der Waals surface area contributed by atoms with Crippen LogP contribution in [0, 0.1) is 5.82 Å². The molecule has 0 bridgehead atoms. The molecule has 2 heterocycles. The number of benzene rings is 5. The number of pyridine rings is 1. The van der Waals surface area contributed by atoms with Crippen molar-refractivity contribution < 1.29 is 9.13 Å². The minimum atomic E-state index is -0.467. The van der Waals surface area contributed by atoms with E-state index in [1.165, 1.54) is 5.56 Å². The number of hydrogen-bond donors (Lipinski definition) is 0. The van der Waals surface area contributed by atoms with E-state index < -0.39 is 5.60 Å². The van der Waals surface area contributed by atoms with Crippen molar-refractivity contribution in [3.05, 3.63) is 145 Å². The van der Waals surface area contributed by atoms with Crippen LogP contribution in [0.25, 0.3) is 55.9 Å². The Morgan fingerprint density at radius 1 is 0.512 bits per heavy atom. The van der Waals surface area contributed by atoms with Gasteiger partial charge in [0.15, 0.2) is 0 Å². The Kier molecular flexibility index (Phi) is 6.01. The third-order valence-electron chi connectivity index (χ3n) is 7.74. The van der Waals surface area contributed by atoms with Gasteiger partial charge in [-0.1, -0.05) is 97.1 Å². The van der Waals surface area contributed by atoms with Crippen molar-refractivity contribution in [1.29, 1.82) is 0 Å². The molecule has 0 N–H and O–H groups in total. The quantitative estimate of drug-likeness (QED) is 0.225. The molecule has 1 aliphatic rings. The van der Waals surface area contributed by atoms with Gasteiger partial charge in [-0.3, -0.25) is 0 Å². The predicted molar refractivity (Wildman–Crippen MR) is 165 cm³/mol. The molecule has 41 heavy (non-hydrogen) atoms. The zero-order chi connectivity index (χ0) is 28.0. The topological polar surface area (TPSA) is 22.1 Å². The Morgan fingerprint density at radius 3 is 1.88 bits per heavy atom. The fourth-order valence-corrected chi connectivity index (χ4v) is 5.72. The molecule has 1 aliphatic heterocycles. The lowest BCUT2D eigenvalue weighted by Gasteiger charge is -2.35. The highest BCUT2D eigenvalue weighted by atomic mass is 19.1. The second-order valence-corrected chi connectivity index (χ2v) is 11.0. The molecule has 0 unspecified atom stereocenters. The van der Waals surface area contributed by atoms with E-state index in [4.69, 9.17) is 9.72 Å². The maximum absolute atomic E-state index is 15.2. The van der Waals surface area contributed by atoms with Crippen molar-refractivity contribution in [3.63, 3.8) is 0 Å². The standard InChI is InChI=1S/C38H28FNO/c1-38(2)34-16-10-9-15-32(34)33-18-17-27(24-37(33)41-38)28-19-30(21-31(39)20-28)36-23-29(25-11-5-3-6-12-25)22-35(40-36)26-13-7-4-8-14-26/h3-24H,1-2H3. The zero-order valence-electron chi connectivity index (χ0n) is 22.9. The normalized spacial score (nSPS) is 13.1. The number of rotatable bonds is 4. The molecule has 0 aliphatic carbocycles. The van der Waals surface area contributed by atoms with E-state index in [0.717, 1.165) is 61.6 Å². The first-order chi connectivity index (χ1) is 19.9. The highest BCUT2D eigenvalue weighted by Crippen LogP contribution is 2.46. The highest BCUT2D eigenvalue weighted by Gasteiger charge is 2.32. The van der Waals surface area contributed by atoms with Gasteiger partial charge < -0.3 is 4.74 Å². The lowest BCUT2D eigenvalue weighted by Crippen LogP contribution is -2.29. The van der Waals surface area contributed by atoms with Gasteiger partial charge in [0.25, 0.3) is 0 Å². The minimum Gasteiger partial charge on any atom is -0.482 e. The van der Waals surface area contributed by atoms with Gasteiger partial charge in [-0.25, -0.2) is 9.37 Å². The molecule has 0 fully saturated rings. The molecule has 5 aromatic carbocycles. The van der Waals surface area contributed by atoms with Crippen molar-refractivity contribution in [2.24, 2.45) is 0 Å². The smallest absolute Gasteiger partial charge is 0.129 e. The Labute approximate surface area is 239 Å². The molecule has 7 rings (SSSR count). The Hall–Kier alpha value is -5.02. The van der Waals surface area contributed by atoms with Gasteiger partial charge in [0.2, 0.25) is 0 Å². The summed E-state index contributed by atoms with van der Waals surface area (Å²) in [7, 11) is 0. The summed E-state index contributed by atoms with van der Waals surface area (Å²) in [5.74, 6) is 0.488. The maximum atomic E-state index is 15.2. The van der Waals surface area contributed by atoms with Gasteiger partial charge >= 0.3 is 0 Å². The molecular weight excluding hydrogens is 505 g/mol. The summed E-state index contributed by atoms with van der Waals surface area (Å²) < 4.78 is 21.7. The number of fused-ring (bicyclic) bond motifs is 3. The molecule has 0 saturated carbocycles. The molecule has 0 spiro atoms. The summed E-state index contributed by atoms with van der Waals surface area (Å²) in [6.45, 7) is 4.16. The zero-order valence-corrected chi connectivity index (χ0v) is 22.9. The third-order valence-corrected chi connectivity index (χ3v) is 7.74. The van der Waals surface area contributed by atoms with Gasteiger partial charge in [-0.15, -0.1) is 0 Å². The maximum Gasteiger partial charge on any atom is 0.129 e. The Morgan fingerprint density at radius 2 is 1.12 bits per heavy atom. The minimum absolute atomic E-state index is 0.310. The summed E-state index contributed by atoms with van der Waals surface area (Å²) in [6.07, 6.45) is 0. The molecule has 3 heteroatoms. The highest BCUT2D eigenvalue weighted by molar-refractivity contribution is 5.82. The number of hydrogen-bond acceptors (Lipinski definition) is 2. The summed E-state index contributed by atoms with van der Waals surface area (Å²) in [5, 5.41) is 0. The van der Waals surface area contributed by atoms with E-state index in [1.54, 1.807) is 12.1 Å². The van der Waals surface area contributed by atoms with Gasteiger partial charge in [-0.2, -0.15) is 0 Å². The van der Waals surface area contributed by atoms with E-state index in [9.17, 15) is 0 Å². The molecule has 0 atom stereocenters. The van der Waals surface area contributed by atoms with Gasteiger partial charge in [0, 0.05) is 22.3 Å². The van der Waals surface area contributed by atoms with E-state index in [0.29, 0.717) is 0 Å². The lowest BCUT2D eigenvalue weighted by atomic mass is 9.85. The lowest BCUT2D eigenvalue weighted by molar-refractivity contribution is 0.106.